The first-order valence-electron chi connectivity index (χ1n) is 7.71. The Kier molecular flexibility index (Phi) is 8.11. The summed E-state index contributed by atoms with van der Waals surface area (Å²) in [6, 6.07) is 11.3. The van der Waals surface area contributed by atoms with Crippen LogP contribution in [0.2, 0.25) is 0 Å². The molecule has 0 bridgehead atoms. The normalized spacial score (nSPS) is 10.6. The summed E-state index contributed by atoms with van der Waals surface area (Å²) in [6.45, 7) is 4.03. The number of halogens is 2. The molecular weight excluding hydrogens is 511 g/mol. The maximum atomic E-state index is 12.0. The van der Waals surface area contributed by atoms with Crippen molar-refractivity contribution in [3.63, 3.8) is 0 Å². The Bertz CT molecular complexity index is 807. The number of carbonyl (C=O) groups is 1. The third kappa shape index (κ3) is 6.14. The Hall–Kier alpha value is -1.87. The number of nitrogens with zero attached hydrogens (tertiary/aromatic N) is 1. The van der Waals surface area contributed by atoms with Gasteiger partial charge >= 0.3 is 0 Å². The lowest BCUT2D eigenvalue weighted by Crippen LogP contribution is -2.19. The number of hydrogen-bond acceptors (Lipinski definition) is 4. The zero-order valence-corrected chi connectivity index (χ0v) is 17.9. The highest BCUT2D eigenvalue weighted by atomic mass is 127. The maximum absolute atomic E-state index is 12.0. The first kappa shape index (κ1) is 20.4. The molecule has 0 spiro atoms. The first-order valence-corrected chi connectivity index (χ1v) is 9.58. The van der Waals surface area contributed by atoms with Gasteiger partial charge in [0.25, 0.3) is 0 Å². The molecule has 2 rings (SSSR count). The monoisotopic (exact) mass is 528 g/mol. The predicted octanol–water partition coefficient (Wildman–Crippen LogP) is 4.32. The molecule has 7 heteroatoms. The van der Waals surface area contributed by atoms with Crippen molar-refractivity contribution in [3.8, 4) is 11.5 Å². The molecule has 5 nitrogen and oxygen atoms in total. The Morgan fingerprint density at radius 2 is 2.08 bits per heavy atom. The lowest BCUT2D eigenvalue weighted by Gasteiger charge is -2.12. The van der Waals surface area contributed by atoms with Crippen LogP contribution in [0.25, 0.3) is 0 Å². The average molecular weight is 529 g/mol. The molecule has 1 N–H and O–H groups in total. The molecule has 0 saturated carbocycles. The van der Waals surface area contributed by atoms with E-state index in [2.05, 4.69) is 55.6 Å². The summed E-state index contributed by atoms with van der Waals surface area (Å²) in [5.41, 5.74) is 4.24. The van der Waals surface area contributed by atoms with Crippen LogP contribution in [0.3, 0.4) is 0 Å². The second-order valence-corrected chi connectivity index (χ2v) is 7.31. The van der Waals surface area contributed by atoms with Gasteiger partial charge in [0.1, 0.15) is 6.61 Å². The third-order valence-corrected chi connectivity index (χ3v) is 4.61. The fraction of sp³-hybridized carbons (Fsp3) is 0.158. The van der Waals surface area contributed by atoms with E-state index in [1.807, 2.05) is 30.3 Å². The number of amides is 1. The molecule has 0 heterocycles. The number of rotatable bonds is 8. The van der Waals surface area contributed by atoms with Gasteiger partial charge in [-0.2, -0.15) is 5.10 Å². The first-order chi connectivity index (χ1) is 12.5. The van der Waals surface area contributed by atoms with Crippen molar-refractivity contribution in [2.75, 3.05) is 13.7 Å². The summed E-state index contributed by atoms with van der Waals surface area (Å²) in [5, 5.41) is 4.01. The van der Waals surface area contributed by atoms with Crippen molar-refractivity contribution in [3.05, 3.63) is 68.2 Å². The van der Waals surface area contributed by atoms with E-state index in [1.165, 1.54) is 0 Å². The molecule has 0 aromatic heterocycles. The number of ether oxygens (including phenoxy) is 2. The Labute approximate surface area is 174 Å². The Balaban J connectivity index is 2.00. The van der Waals surface area contributed by atoms with E-state index in [0.29, 0.717) is 18.1 Å². The topological polar surface area (TPSA) is 59.9 Å². The molecule has 0 unspecified atom stereocenters. The summed E-state index contributed by atoms with van der Waals surface area (Å²) in [6.07, 6.45) is 3.51. The molecule has 0 aliphatic carbocycles. The van der Waals surface area contributed by atoms with E-state index in [4.69, 9.17) is 9.47 Å². The molecule has 0 atom stereocenters. The molecule has 0 saturated heterocycles. The fourth-order valence-electron chi connectivity index (χ4n) is 2.10. The van der Waals surface area contributed by atoms with Crippen LogP contribution in [0.15, 0.2) is 58.6 Å². The molecule has 26 heavy (non-hydrogen) atoms. The summed E-state index contributed by atoms with van der Waals surface area (Å²) >= 11 is 5.53. The average Bonchev–Trinajstić information content (AvgIpc) is 2.62. The van der Waals surface area contributed by atoms with Gasteiger partial charge < -0.3 is 9.47 Å². The second-order valence-electron chi connectivity index (χ2n) is 5.23. The van der Waals surface area contributed by atoms with Crippen LogP contribution < -0.4 is 14.9 Å². The van der Waals surface area contributed by atoms with Crippen LogP contribution in [-0.4, -0.2) is 25.8 Å². The highest BCUT2D eigenvalue weighted by Gasteiger charge is 2.10. The van der Waals surface area contributed by atoms with Crippen molar-refractivity contribution in [2.45, 2.75) is 6.42 Å². The summed E-state index contributed by atoms with van der Waals surface area (Å²) in [5.74, 6) is 1.07. The van der Waals surface area contributed by atoms with Crippen LogP contribution in [0.5, 0.6) is 11.5 Å². The minimum atomic E-state index is -0.184. The van der Waals surface area contributed by atoms with E-state index >= 15 is 0 Å². The van der Waals surface area contributed by atoms with Crippen LogP contribution in [0, 0.1) is 3.57 Å². The van der Waals surface area contributed by atoms with Gasteiger partial charge in [-0.05, 0) is 58.0 Å². The van der Waals surface area contributed by atoms with Crippen molar-refractivity contribution in [1.29, 1.82) is 0 Å². The molecule has 2 aromatic rings. The van der Waals surface area contributed by atoms with Gasteiger partial charge in [-0.3, -0.25) is 4.79 Å². The molecule has 0 fully saturated rings. The minimum absolute atomic E-state index is 0.184. The van der Waals surface area contributed by atoms with Crippen molar-refractivity contribution < 1.29 is 14.3 Å². The highest BCUT2D eigenvalue weighted by molar-refractivity contribution is 14.1. The summed E-state index contributed by atoms with van der Waals surface area (Å²) < 4.78 is 12.8. The predicted molar refractivity (Wildman–Crippen MR) is 115 cm³/mol. The van der Waals surface area contributed by atoms with E-state index in [9.17, 15) is 4.79 Å². The summed E-state index contributed by atoms with van der Waals surface area (Å²) in [7, 11) is 1.58. The van der Waals surface area contributed by atoms with E-state index in [1.54, 1.807) is 25.5 Å². The number of hydrazone groups is 1. The van der Waals surface area contributed by atoms with Crippen molar-refractivity contribution in [1.82, 2.24) is 5.43 Å². The standard InChI is InChI=1S/C19H18BrIN2O3/c1-3-8-26-19-16(21)9-14(10-17(19)25-2)12-22-23-18(24)11-13-4-6-15(20)7-5-13/h3-7,9-10,12H,1,8,11H2,2H3,(H,23,24)/b22-12-. The molecule has 0 radical (unpaired) electrons. The Morgan fingerprint density at radius 1 is 1.35 bits per heavy atom. The van der Waals surface area contributed by atoms with Crippen LogP contribution in [0.1, 0.15) is 11.1 Å². The third-order valence-electron chi connectivity index (χ3n) is 3.28. The molecule has 2 aromatic carbocycles. The second kappa shape index (κ2) is 10.3. The maximum Gasteiger partial charge on any atom is 0.244 e. The largest absolute Gasteiger partial charge is 0.493 e. The fourth-order valence-corrected chi connectivity index (χ4v) is 3.15. The Morgan fingerprint density at radius 3 is 2.73 bits per heavy atom. The van der Waals surface area contributed by atoms with Gasteiger partial charge in [-0.15, -0.1) is 0 Å². The van der Waals surface area contributed by atoms with Crippen LogP contribution in [0.4, 0.5) is 0 Å². The van der Waals surface area contributed by atoms with Gasteiger partial charge in [0.2, 0.25) is 5.91 Å². The highest BCUT2D eigenvalue weighted by Crippen LogP contribution is 2.33. The summed E-state index contributed by atoms with van der Waals surface area (Å²) in [4.78, 5) is 12.0. The quantitative estimate of drug-likeness (QED) is 0.240. The number of nitrogens with one attached hydrogen (secondary N) is 1. The molecule has 0 aliphatic heterocycles. The van der Waals surface area contributed by atoms with E-state index in [-0.39, 0.29) is 12.3 Å². The van der Waals surface area contributed by atoms with Gasteiger partial charge in [0, 0.05) is 4.47 Å². The number of methoxy groups -OCH3 is 1. The van der Waals surface area contributed by atoms with Crippen molar-refractivity contribution in [2.24, 2.45) is 5.10 Å². The zero-order chi connectivity index (χ0) is 18.9. The number of benzene rings is 2. The number of hydrogen-bond donors (Lipinski definition) is 1. The van der Waals surface area contributed by atoms with Gasteiger partial charge in [0.15, 0.2) is 11.5 Å². The van der Waals surface area contributed by atoms with Crippen molar-refractivity contribution >= 4 is 50.6 Å². The van der Waals surface area contributed by atoms with E-state index in [0.717, 1.165) is 19.2 Å². The molecule has 1 amide bonds. The zero-order valence-electron chi connectivity index (χ0n) is 14.2. The SMILES string of the molecule is C=CCOc1c(I)cc(/C=N\NC(=O)Cc2ccc(Br)cc2)cc1OC. The van der Waals surface area contributed by atoms with E-state index < -0.39 is 0 Å². The van der Waals surface area contributed by atoms with Gasteiger partial charge in [-0.25, -0.2) is 5.43 Å². The molecule has 0 aliphatic rings. The number of carbonyl (C=O) groups excluding carboxylic acids is 1. The lowest BCUT2D eigenvalue weighted by molar-refractivity contribution is -0.120. The lowest BCUT2D eigenvalue weighted by atomic mass is 10.1. The van der Waals surface area contributed by atoms with Gasteiger partial charge in [-0.1, -0.05) is 40.7 Å². The molecular formula is C19H18BrIN2O3. The minimum Gasteiger partial charge on any atom is -0.493 e. The van der Waals surface area contributed by atoms with Crippen LogP contribution >= 0.6 is 38.5 Å². The van der Waals surface area contributed by atoms with Gasteiger partial charge in [0.05, 0.1) is 23.3 Å². The molecule has 136 valence electrons. The van der Waals surface area contributed by atoms with Crippen LogP contribution in [-0.2, 0) is 11.2 Å². The smallest absolute Gasteiger partial charge is 0.244 e.